The van der Waals surface area contributed by atoms with Gasteiger partial charge in [0.15, 0.2) is 0 Å². The molecule has 3 amide bonds. The molecule has 1 fully saturated rings. The van der Waals surface area contributed by atoms with Crippen LogP contribution in [-0.4, -0.2) is 72.2 Å². The molecular formula is C27H42N4O5. The molecule has 3 N–H and O–H groups in total. The molecular weight excluding hydrogens is 460 g/mol. The average Bonchev–Trinajstić information content (AvgIpc) is 2.85. The van der Waals surface area contributed by atoms with E-state index in [1.807, 2.05) is 75.1 Å². The smallest absolute Gasteiger partial charge is 0.255 e. The predicted molar refractivity (Wildman–Crippen MR) is 138 cm³/mol. The minimum atomic E-state index is -0.799. The maximum atomic E-state index is 13.5. The number of amides is 3. The molecule has 0 aromatic heterocycles. The highest BCUT2D eigenvalue weighted by Gasteiger charge is 2.35. The van der Waals surface area contributed by atoms with E-state index in [4.69, 9.17) is 4.74 Å². The van der Waals surface area contributed by atoms with E-state index in [1.165, 1.54) is 5.01 Å². The van der Waals surface area contributed by atoms with Crippen LogP contribution in [0.3, 0.4) is 0 Å². The molecule has 1 heterocycles. The Morgan fingerprint density at radius 2 is 1.69 bits per heavy atom. The number of nitrogens with zero attached hydrogens (tertiary/aromatic N) is 2. The van der Waals surface area contributed by atoms with E-state index in [1.54, 1.807) is 5.48 Å². The van der Waals surface area contributed by atoms with Gasteiger partial charge < -0.3 is 4.74 Å². The zero-order valence-electron chi connectivity index (χ0n) is 22.0. The summed E-state index contributed by atoms with van der Waals surface area (Å²) in [5, 5.41) is 10.8. The molecule has 2 atom stereocenters. The lowest BCUT2D eigenvalue weighted by Gasteiger charge is -2.32. The fourth-order valence-electron chi connectivity index (χ4n) is 4.24. The van der Waals surface area contributed by atoms with Gasteiger partial charge in [0.05, 0.1) is 31.6 Å². The molecule has 1 aliphatic rings. The fourth-order valence-corrected chi connectivity index (χ4v) is 4.24. The van der Waals surface area contributed by atoms with Crippen LogP contribution in [0.2, 0.25) is 0 Å². The van der Waals surface area contributed by atoms with Crippen molar-refractivity contribution in [3.05, 3.63) is 42.0 Å². The number of allylic oxidation sites excluding steroid dienone is 1. The Morgan fingerprint density at radius 1 is 1.03 bits per heavy atom. The summed E-state index contributed by atoms with van der Waals surface area (Å²) in [7, 11) is 0. The van der Waals surface area contributed by atoms with Gasteiger partial charge >= 0.3 is 0 Å². The molecule has 1 aromatic carbocycles. The molecule has 200 valence electrons. The fraction of sp³-hybridized carbons (Fsp3) is 0.593. The van der Waals surface area contributed by atoms with E-state index in [0.717, 1.165) is 5.56 Å². The average molecular weight is 503 g/mol. The van der Waals surface area contributed by atoms with Crippen LogP contribution in [-0.2, 0) is 19.1 Å². The molecule has 9 heteroatoms. The van der Waals surface area contributed by atoms with Crippen LogP contribution in [0.1, 0.15) is 46.1 Å². The van der Waals surface area contributed by atoms with E-state index in [2.05, 4.69) is 5.43 Å². The molecule has 0 unspecified atom stereocenters. The van der Waals surface area contributed by atoms with Crippen LogP contribution in [0, 0.1) is 23.7 Å². The van der Waals surface area contributed by atoms with Gasteiger partial charge in [0.25, 0.3) is 5.91 Å². The van der Waals surface area contributed by atoms with Crippen LogP contribution in [0.25, 0.3) is 6.08 Å². The zero-order chi connectivity index (χ0) is 26.5. The second-order valence-corrected chi connectivity index (χ2v) is 10.1. The monoisotopic (exact) mass is 502 g/mol. The normalized spacial score (nSPS) is 16.2. The van der Waals surface area contributed by atoms with E-state index in [0.29, 0.717) is 39.3 Å². The SMILES string of the molecule is CC(C)C[C@@H](C(=O)NN(CC(C)C)C(=O)CN1CCOCC1)[C@H](C/C=C/c1ccccc1)C(=O)NO. The second-order valence-electron chi connectivity index (χ2n) is 10.1. The molecule has 36 heavy (non-hydrogen) atoms. The highest BCUT2D eigenvalue weighted by Crippen LogP contribution is 2.25. The molecule has 0 spiro atoms. The number of benzene rings is 1. The number of ether oxygens (including phenoxy) is 1. The number of hydrazine groups is 1. The molecule has 1 aliphatic heterocycles. The van der Waals surface area contributed by atoms with Gasteiger partial charge in [-0.2, -0.15) is 0 Å². The molecule has 0 bridgehead atoms. The van der Waals surface area contributed by atoms with Crippen molar-refractivity contribution in [2.45, 2.75) is 40.5 Å². The minimum absolute atomic E-state index is 0.121. The first-order valence-corrected chi connectivity index (χ1v) is 12.8. The Hall–Kier alpha value is -2.75. The van der Waals surface area contributed by atoms with Gasteiger partial charge in [-0.05, 0) is 30.2 Å². The number of carbonyl (C=O) groups is 3. The van der Waals surface area contributed by atoms with Crippen molar-refractivity contribution in [2.75, 3.05) is 39.4 Å². The van der Waals surface area contributed by atoms with Gasteiger partial charge in [0, 0.05) is 19.6 Å². The first-order valence-electron chi connectivity index (χ1n) is 12.8. The summed E-state index contributed by atoms with van der Waals surface area (Å²) in [5.41, 5.74) is 5.52. The van der Waals surface area contributed by atoms with Crippen LogP contribution < -0.4 is 10.9 Å². The lowest BCUT2D eigenvalue weighted by atomic mass is 9.82. The summed E-state index contributed by atoms with van der Waals surface area (Å²) in [6.45, 7) is 10.9. The molecule has 0 saturated carbocycles. The highest BCUT2D eigenvalue weighted by molar-refractivity contribution is 5.89. The largest absolute Gasteiger partial charge is 0.379 e. The third kappa shape index (κ3) is 10.1. The molecule has 1 saturated heterocycles. The molecule has 1 aromatic rings. The Balaban J connectivity index is 2.19. The van der Waals surface area contributed by atoms with Crippen molar-refractivity contribution in [3.63, 3.8) is 0 Å². The number of hydrogen-bond donors (Lipinski definition) is 3. The summed E-state index contributed by atoms with van der Waals surface area (Å²) < 4.78 is 5.36. The third-order valence-corrected chi connectivity index (χ3v) is 6.05. The highest BCUT2D eigenvalue weighted by atomic mass is 16.5. The lowest BCUT2D eigenvalue weighted by molar-refractivity contribution is -0.148. The number of hydroxylamine groups is 1. The van der Waals surface area contributed by atoms with E-state index in [-0.39, 0.29) is 30.7 Å². The number of carbonyl (C=O) groups excluding carboxylic acids is 3. The third-order valence-electron chi connectivity index (χ3n) is 6.05. The maximum Gasteiger partial charge on any atom is 0.255 e. The van der Waals surface area contributed by atoms with E-state index in [9.17, 15) is 19.6 Å². The van der Waals surface area contributed by atoms with Gasteiger partial charge in [-0.3, -0.25) is 34.9 Å². The van der Waals surface area contributed by atoms with Crippen molar-refractivity contribution in [1.82, 2.24) is 20.8 Å². The van der Waals surface area contributed by atoms with Crippen LogP contribution in [0.15, 0.2) is 36.4 Å². The van der Waals surface area contributed by atoms with Crippen molar-refractivity contribution in [1.29, 1.82) is 0 Å². The van der Waals surface area contributed by atoms with Gasteiger partial charge in [-0.25, -0.2) is 5.48 Å². The molecule has 9 nitrogen and oxygen atoms in total. The molecule has 2 rings (SSSR count). The Bertz CT molecular complexity index is 853. The van der Waals surface area contributed by atoms with Gasteiger partial charge in [0.2, 0.25) is 11.8 Å². The van der Waals surface area contributed by atoms with E-state index >= 15 is 0 Å². The summed E-state index contributed by atoms with van der Waals surface area (Å²) in [4.78, 5) is 41.3. The Kier molecular flexibility index (Phi) is 12.6. The van der Waals surface area contributed by atoms with Crippen molar-refractivity contribution in [2.24, 2.45) is 23.7 Å². The number of morpholine rings is 1. The van der Waals surface area contributed by atoms with Crippen molar-refractivity contribution in [3.8, 4) is 0 Å². The van der Waals surface area contributed by atoms with Crippen LogP contribution in [0.5, 0.6) is 0 Å². The van der Waals surface area contributed by atoms with Crippen LogP contribution >= 0.6 is 0 Å². The van der Waals surface area contributed by atoms with Gasteiger partial charge in [-0.15, -0.1) is 0 Å². The Labute approximate surface area is 214 Å². The maximum absolute atomic E-state index is 13.5. The topological polar surface area (TPSA) is 111 Å². The summed E-state index contributed by atoms with van der Waals surface area (Å²) in [5.74, 6) is -2.50. The molecule has 0 radical (unpaired) electrons. The zero-order valence-corrected chi connectivity index (χ0v) is 22.0. The van der Waals surface area contributed by atoms with E-state index < -0.39 is 23.7 Å². The first kappa shape index (κ1) is 29.5. The van der Waals surface area contributed by atoms with Gasteiger partial charge in [-0.1, -0.05) is 70.2 Å². The Morgan fingerprint density at radius 3 is 2.28 bits per heavy atom. The summed E-state index contributed by atoms with van der Waals surface area (Å²) in [6, 6.07) is 9.65. The quantitative estimate of drug-likeness (QED) is 0.299. The van der Waals surface area contributed by atoms with Crippen molar-refractivity contribution < 1.29 is 24.3 Å². The lowest BCUT2D eigenvalue weighted by Crippen LogP contribution is -2.55. The number of rotatable bonds is 12. The molecule has 0 aliphatic carbocycles. The second kappa shape index (κ2) is 15.4. The standard InChI is InChI=1S/C27H42N4O5/c1-20(2)17-24(23(27(34)29-35)12-8-11-22-9-6-5-7-10-22)26(33)28-31(18-21(3)4)25(32)19-30-13-15-36-16-14-30/h5-11,20-21,23-24,35H,12-19H2,1-4H3,(H,28,33)(H,29,34)/b11-8+/t23-,24+/m0/s1. The number of hydrogen-bond acceptors (Lipinski definition) is 6. The number of nitrogens with one attached hydrogen (secondary N) is 2. The van der Waals surface area contributed by atoms with Crippen LogP contribution in [0.4, 0.5) is 0 Å². The summed E-state index contributed by atoms with van der Waals surface area (Å²) in [6.07, 6.45) is 4.42. The van der Waals surface area contributed by atoms with Crippen molar-refractivity contribution >= 4 is 23.8 Å². The van der Waals surface area contributed by atoms with Gasteiger partial charge in [0.1, 0.15) is 0 Å². The summed E-state index contributed by atoms with van der Waals surface area (Å²) >= 11 is 0. The predicted octanol–water partition coefficient (Wildman–Crippen LogP) is 2.72. The first-order chi connectivity index (χ1) is 17.2. The minimum Gasteiger partial charge on any atom is -0.379 e.